The fourth-order valence-electron chi connectivity index (χ4n) is 2.77. The van der Waals surface area contributed by atoms with Gasteiger partial charge in [0.2, 0.25) is 5.91 Å². The first kappa shape index (κ1) is 17.9. The van der Waals surface area contributed by atoms with Crippen molar-refractivity contribution in [3.8, 4) is 0 Å². The number of carbonyl (C=O) groups is 1. The van der Waals surface area contributed by atoms with Crippen molar-refractivity contribution in [3.05, 3.63) is 12.5 Å². The first-order chi connectivity index (χ1) is 11.0. The highest BCUT2D eigenvalue weighted by Gasteiger charge is 2.29. The van der Waals surface area contributed by atoms with E-state index in [0.29, 0.717) is 18.3 Å². The second-order valence-electron chi connectivity index (χ2n) is 6.34. The molecule has 1 amide bonds. The topological polar surface area (TPSA) is 96.4 Å². The zero-order valence-electron chi connectivity index (χ0n) is 14.1. The van der Waals surface area contributed by atoms with Crippen LogP contribution in [0.15, 0.2) is 12.5 Å². The van der Waals surface area contributed by atoms with E-state index in [0.717, 1.165) is 38.9 Å². The molecule has 0 radical (unpaired) electrons. The van der Waals surface area contributed by atoms with Crippen LogP contribution in [0.3, 0.4) is 0 Å². The molecular weight excluding hydrogens is 294 g/mol. The van der Waals surface area contributed by atoms with Gasteiger partial charge in [0.1, 0.15) is 0 Å². The van der Waals surface area contributed by atoms with Gasteiger partial charge in [-0.15, -0.1) is 0 Å². The summed E-state index contributed by atoms with van der Waals surface area (Å²) in [7, 11) is 0. The molecular formula is C16H29N5O2. The zero-order valence-corrected chi connectivity index (χ0v) is 14.1. The summed E-state index contributed by atoms with van der Waals surface area (Å²) < 4.78 is 1.98. The minimum Gasteiger partial charge on any atom is -0.392 e. The lowest BCUT2D eigenvalue weighted by atomic mass is 10.0. The molecule has 0 aromatic carbocycles. The third-order valence-corrected chi connectivity index (χ3v) is 4.42. The molecule has 0 saturated carbocycles. The van der Waals surface area contributed by atoms with Crippen molar-refractivity contribution in [1.82, 2.24) is 14.5 Å². The van der Waals surface area contributed by atoms with Crippen LogP contribution in [0.2, 0.25) is 0 Å². The van der Waals surface area contributed by atoms with E-state index in [4.69, 9.17) is 5.73 Å². The largest absolute Gasteiger partial charge is 0.392 e. The third-order valence-electron chi connectivity index (χ3n) is 4.42. The number of β-amino-alcohol motifs (C(OH)–C–C–N with tert-alkyl or cyclic N) is 1. The van der Waals surface area contributed by atoms with Gasteiger partial charge >= 0.3 is 0 Å². The number of nitrogens with two attached hydrogens (primary N) is 1. The summed E-state index contributed by atoms with van der Waals surface area (Å²) in [5.41, 5.74) is 5.79. The fourth-order valence-corrected chi connectivity index (χ4v) is 2.77. The number of imidazole rings is 1. The molecule has 1 fully saturated rings. The van der Waals surface area contributed by atoms with Crippen molar-refractivity contribution in [2.24, 2.45) is 5.73 Å². The average molecular weight is 323 g/mol. The van der Waals surface area contributed by atoms with Gasteiger partial charge in [-0.05, 0) is 19.3 Å². The van der Waals surface area contributed by atoms with Gasteiger partial charge in [0.15, 0.2) is 5.82 Å². The molecule has 2 heterocycles. The number of aliphatic hydroxyl groups excluding tert-OH is 1. The Bertz CT molecular complexity index is 504. The molecule has 130 valence electrons. The molecule has 1 aromatic rings. The highest BCUT2D eigenvalue weighted by Crippen LogP contribution is 2.20. The van der Waals surface area contributed by atoms with Crippen molar-refractivity contribution < 1.29 is 9.90 Å². The van der Waals surface area contributed by atoms with E-state index in [2.05, 4.69) is 15.2 Å². The monoisotopic (exact) mass is 323 g/mol. The summed E-state index contributed by atoms with van der Waals surface area (Å²) in [6.45, 7) is 6.58. The fraction of sp³-hybridized carbons (Fsp3) is 0.750. The van der Waals surface area contributed by atoms with Crippen LogP contribution in [-0.2, 0) is 11.3 Å². The molecule has 1 saturated heterocycles. The van der Waals surface area contributed by atoms with E-state index in [9.17, 15) is 9.90 Å². The van der Waals surface area contributed by atoms with Gasteiger partial charge in [-0.3, -0.25) is 9.69 Å². The number of anilines is 1. The quantitative estimate of drug-likeness (QED) is 0.624. The Hall–Kier alpha value is -1.44. The maximum atomic E-state index is 11.9. The minimum atomic E-state index is -0.484. The van der Waals surface area contributed by atoms with Crippen molar-refractivity contribution >= 4 is 11.7 Å². The van der Waals surface area contributed by atoms with Crippen LogP contribution >= 0.6 is 0 Å². The summed E-state index contributed by atoms with van der Waals surface area (Å²) >= 11 is 0. The Morgan fingerprint density at radius 1 is 1.57 bits per heavy atom. The summed E-state index contributed by atoms with van der Waals surface area (Å²) in [6, 6.07) is -0.0564. The standard InChI is InChI=1S/C16H29N5O2/c1-3-5-14(17)16(23)19-15-10-20(11-18-15)8-12-6-7-21(12)9-13(22)4-2/h10-14,22H,3-9,17H2,1-2H3,(H,19,23)/t12-,13-,14-/m0/s1. The van der Waals surface area contributed by atoms with Crippen LogP contribution in [0.1, 0.15) is 39.5 Å². The molecule has 1 aliphatic heterocycles. The first-order valence-electron chi connectivity index (χ1n) is 8.53. The predicted molar refractivity (Wildman–Crippen MR) is 90.0 cm³/mol. The average Bonchev–Trinajstić information content (AvgIpc) is 2.96. The van der Waals surface area contributed by atoms with Gasteiger partial charge in [-0.25, -0.2) is 4.98 Å². The third kappa shape index (κ3) is 5.02. The van der Waals surface area contributed by atoms with E-state index in [1.54, 1.807) is 6.33 Å². The molecule has 7 nitrogen and oxygen atoms in total. The molecule has 0 bridgehead atoms. The van der Waals surface area contributed by atoms with Crippen molar-refractivity contribution in [3.63, 3.8) is 0 Å². The summed E-state index contributed by atoms with van der Waals surface area (Å²) in [5.74, 6) is 0.356. The Balaban J connectivity index is 1.82. The van der Waals surface area contributed by atoms with Gasteiger partial charge < -0.3 is 20.7 Å². The van der Waals surface area contributed by atoms with Crippen LogP contribution in [-0.4, -0.2) is 56.7 Å². The summed E-state index contributed by atoms with van der Waals surface area (Å²) in [4.78, 5) is 18.4. The van der Waals surface area contributed by atoms with Gasteiger partial charge in [-0.1, -0.05) is 20.3 Å². The first-order valence-corrected chi connectivity index (χ1v) is 8.53. The lowest BCUT2D eigenvalue weighted by Crippen LogP contribution is -2.52. The highest BCUT2D eigenvalue weighted by atomic mass is 16.3. The molecule has 1 aliphatic rings. The lowest BCUT2D eigenvalue weighted by Gasteiger charge is -2.42. The van der Waals surface area contributed by atoms with Gasteiger partial charge in [-0.2, -0.15) is 0 Å². The molecule has 3 atom stereocenters. The van der Waals surface area contributed by atoms with Crippen molar-refractivity contribution in [1.29, 1.82) is 0 Å². The maximum Gasteiger partial charge on any atom is 0.242 e. The van der Waals surface area contributed by atoms with Crippen LogP contribution in [0, 0.1) is 0 Å². The molecule has 4 N–H and O–H groups in total. The molecule has 1 aromatic heterocycles. The molecule has 0 unspecified atom stereocenters. The Morgan fingerprint density at radius 2 is 2.35 bits per heavy atom. The normalized spacial score (nSPS) is 20.8. The number of likely N-dealkylation sites (tertiary alicyclic amines) is 1. The van der Waals surface area contributed by atoms with Crippen LogP contribution in [0.4, 0.5) is 5.82 Å². The Kier molecular flexibility index (Phi) is 6.56. The van der Waals surface area contributed by atoms with Gasteiger partial charge in [0.25, 0.3) is 0 Å². The summed E-state index contributed by atoms with van der Waals surface area (Å²) in [5, 5.41) is 12.5. The number of aromatic nitrogens is 2. The molecule has 7 heteroatoms. The SMILES string of the molecule is CCC[C@H](N)C(=O)Nc1cn(C[C@@H]2CCN2C[C@@H](O)CC)cn1. The van der Waals surface area contributed by atoms with Crippen LogP contribution < -0.4 is 11.1 Å². The summed E-state index contributed by atoms with van der Waals surface area (Å²) in [6.07, 6.45) is 6.76. The molecule has 0 spiro atoms. The number of aliphatic hydroxyl groups is 1. The number of nitrogens with one attached hydrogen (secondary N) is 1. The smallest absolute Gasteiger partial charge is 0.242 e. The number of carbonyl (C=O) groups excluding carboxylic acids is 1. The second-order valence-corrected chi connectivity index (χ2v) is 6.34. The van der Waals surface area contributed by atoms with Crippen molar-refractivity contribution in [2.45, 2.75) is 64.3 Å². The Morgan fingerprint density at radius 3 is 2.96 bits per heavy atom. The van der Waals surface area contributed by atoms with E-state index in [1.807, 2.05) is 24.6 Å². The van der Waals surface area contributed by atoms with E-state index in [1.165, 1.54) is 0 Å². The van der Waals surface area contributed by atoms with Crippen LogP contribution in [0.25, 0.3) is 0 Å². The number of hydrogen-bond donors (Lipinski definition) is 3. The Labute approximate surface area is 137 Å². The minimum absolute atomic E-state index is 0.187. The van der Waals surface area contributed by atoms with E-state index < -0.39 is 6.04 Å². The number of rotatable bonds is 9. The van der Waals surface area contributed by atoms with E-state index in [-0.39, 0.29) is 12.0 Å². The number of nitrogens with zero attached hydrogens (tertiary/aromatic N) is 3. The number of amides is 1. The second kappa shape index (κ2) is 8.42. The number of hydrogen-bond acceptors (Lipinski definition) is 5. The lowest BCUT2D eigenvalue weighted by molar-refractivity contribution is -0.117. The van der Waals surface area contributed by atoms with Gasteiger partial charge in [0.05, 0.1) is 18.5 Å². The molecule has 2 rings (SSSR count). The van der Waals surface area contributed by atoms with Gasteiger partial charge in [0, 0.05) is 31.9 Å². The highest BCUT2D eigenvalue weighted by molar-refractivity contribution is 5.93. The predicted octanol–water partition coefficient (Wildman–Crippen LogP) is 0.794. The van der Waals surface area contributed by atoms with Crippen molar-refractivity contribution in [2.75, 3.05) is 18.4 Å². The molecule has 23 heavy (non-hydrogen) atoms. The van der Waals surface area contributed by atoms with E-state index >= 15 is 0 Å². The maximum absolute atomic E-state index is 11.9. The zero-order chi connectivity index (χ0) is 16.8. The van der Waals surface area contributed by atoms with Crippen LogP contribution in [0.5, 0.6) is 0 Å². The molecule has 0 aliphatic carbocycles.